The molecule has 3 aromatic rings. The SMILES string of the molecule is O=C(c1ccc2[nH]ccc2c1)N1CN2CC=CC(O1)C2c1ccc(Cl)cc1. The molecule has 2 bridgehead atoms. The molecule has 3 heterocycles. The maximum absolute atomic E-state index is 13.0. The van der Waals surface area contributed by atoms with Crippen molar-refractivity contribution in [1.82, 2.24) is 14.9 Å². The number of halogens is 1. The number of hydrogen-bond donors (Lipinski definition) is 1. The molecule has 0 radical (unpaired) electrons. The molecule has 2 aliphatic rings. The van der Waals surface area contributed by atoms with Crippen molar-refractivity contribution in [1.29, 1.82) is 0 Å². The van der Waals surface area contributed by atoms with Gasteiger partial charge in [-0.15, -0.1) is 0 Å². The lowest BCUT2D eigenvalue weighted by molar-refractivity contribution is -0.232. The van der Waals surface area contributed by atoms with E-state index in [9.17, 15) is 4.79 Å². The molecule has 5 nitrogen and oxygen atoms in total. The van der Waals surface area contributed by atoms with Crippen molar-refractivity contribution < 1.29 is 9.63 Å². The highest BCUT2D eigenvalue weighted by molar-refractivity contribution is 6.30. The van der Waals surface area contributed by atoms with Crippen LogP contribution in [0, 0.1) is 0 Å². The quantitative estimate of drug-likeness (QED) is 0.680. The van der Waals surface area contributed by atoms with Gasteiger partial charge in [0.1, 0.15) is 12.8 Å². The molecule has 5 rings (SSSR count). The lowest BCUT2D eigenvalue weighted by Gasteiger charge is -2.46. The summed E-state index contributed by atoms with van der Waals surface area (Å²) < 4.78 is 0. The van der Waals surface area contributed by atoms with Crippen LogP contribution < -0.4 is 0 Å². The van der Waals surface area contributed by atoms with Crippen molar-refractivity contribution in [2.24, 2.45) is 0 Å². The van der Waals surface area contributed by atoms with Crippen molar-refractivity contribution in [2.75, 3.05) is 13.2 Å². The Morgan fingerprint density at radius 3 is 2.81 bits per heavy atom. The van der Waals surface area contributed by atoms with E-state index in [1.807, 2.05) is 60.8 Å². The Hall–Kier alpha value is -2.60. The third-order valence-corrected chi connectivity index (χ3v) is 5.42. The molecule has 1 fully saturated rings. The molecule has 1 aromatic heterocycles. The van der Waals surface area contributed by atoms with E-state index in [0.717, 1.165) is 23.0 Å². The number of nitrogens with one attached hydrogen (secondary N) is 1. The summed E-state index contributed by atoms with van der Waals surface area (Å²) in [7, 11) is 0. The molecule has 0 saturated carbocycles. The van der Waals surface area contributed by atoms with Crippen LogP contribution in [0.25, 0.3) is 10.9 Å². The minimum absolute atomic E-state index is 0.0727. The number of benzene rings is 2. The van der Waals surface area contributed by atoms with Crippen LogP contribution in [-0.4, -0.2) is 40.2 Å². The first-order valence-corrected chi connectivity index (χ1v) is 9.29. The van der Waals surface area contributed by atoms with Gasteiger partial charge < -0.3 is 4.98 Å². The summed E-state index contributed by atoms with van der Waals surface area (Å²) in [6.07, 6.45) is 5.78. The van der Waals surface area contributed by atoms with Gasteiger partial charge in [-0.1, -0.05) is 35.9 Å². The highest BCUT2D eigenvalue weighted by atomic mass is 35.5. The lowest BCUT2D eigenvalue weighted by Crippen LogP contribution is -2.55. The smallest absolute Gasteiger partial charge is 0.278 e. The van der Waals surface area contributed by atoms with Crippen LogP contribution in [0.2, 0.25) is 5.02 Å². The van der Waals surface area contributed by atoms with Gasteiger partial charge in [0.2, 0.25) is 0 Å². The summed E-state index contributed by atoms with van der Waals surface area (Å²) in [5.41, 5.74) is 2.77. The van der Waals surface area contributed by atoms with Crippen molar-refractivity contribution in [3.05, 3.63) is 83.0 Å². The average Bonchev–Trinajstić information content (AvgIpc) is 3.15. The molecule has 2 aromatic carbocycles. The van der Waals surface area contributed by atoms with E-state index in [4.69, 9.17) is 16.4 Å². The Morgan fingerprint density at radius 2 is 2.00 bits per heavy atom. The minimum Gasteiger partial charge on any atom is -0.361 e. The fourth-order valence-corrected chi connectivity index (χ4v) is 3.97. The molecule has 1 N–H and O–H groups in total. The summed E-state index contributed by atoms with van der Waals surface area (Å²) in [5, 5.41) is 3.19. The van der Waals surface area contributed by atoms with Gasteiger partial charge in [0.05, 0.1) is 6.04 Å². The van der Waals surface area contributed by atoms with Gasteiger partial charge in [-0.05, 0) is 42.0 Å². The van der Waals surface area contributed by atoms with Crippen LogP contribution in [0.15, 0.2) is 66.9 Å². The Balaban J connectivity index is 1.41. The number of nitrogens with zero attached hydrogens (tertiary/aromatic N) is 2. The first-order valence-electron chi connectivity index (χ1n) is 8.91. The number of aromatic nitrogens is 1. The first kappa shape index (κ1) is 16.6. The van der Waals surface area contributed by atoms with Gasteiger partial charge in [0, 0.05) is 34.2 Å². The fraction of sp³-hybridized carbons (Fsp3) is 0.190. The zero-order valence-electron chi connectivity index (χ0n) is 14.5. The summed E-state index contributed by atoms with van der Waals surface area (Å²) in [6.45, 7) is 1.19. The highest BCUT2D eigenvalue weighted by Gasteiger charge is 2.39. The predicted octanol–water partition coefficient (Wildman–Crippen LogP) is 4.15. The van der Waals surface area contributed by atoms with Crippen LogP contribution in [0.3, 0.4) is 0 Å². The van der Waals surface area contributed by atoms with Crippen LogP contribution in [-0.2, 0) is 4.84 Å². The number of fused-ring (bicyclic) bond motifs is 3. The second kappa shape index (κ2) is 6.53. The van der Waals surface area contributed by atoms with E-state index < -0.39 is 0 Å². The summed E-state index contributed by atoms with van der Waals surface area (Å²) in [6, 6.07) is 15.5. The van der Waals surface area contributed by atoms with E-state index in [0.29, 0.717) is 17.3 Å². The predicted molar refractivity (Wildman–Crippen MR) is 104 cm³/mol. The number of carbonyl (C=O) groups excluding carboxylic acids is 1. The number of rotatable bonds is 2. The first-order chi connectivity index (χ1) is 13.2. The van der Waals surface area contributed by atoms with Crippen molar-refractivity contribution >= 4 is 28.4 Å². The van der Waals surface area contributed by atoms with E-state index in [1.54, 1.807) is 0 Å². The average molecular weight is 380 g/mol. The van der Waals surface area contributed by atoms with Crippen LogP contribution >= 0.6 is 11.6 Å². The number of hydrogen-bond acceptors (Lipinski definition) is 3. The van der Waals surface area contributed by atoms with Gasteiger partial charge in [0.25, 0.3) is 5.91 Å². The Labute approximate surface area is 161 Å². The zero-order valence-corrected chi connectivity index (χ0v) is 15.3. The second-order valence-electron chi connectivity index (χ2n) is 6.87. The van der Waals surface area contributed by atoms with Gasteiger partial charge in [-0.3, -0.25) is 14.5 Å². The summed E-state index contributed by atoms with van der Waals surface area (Å²) in [5.74, 6) is -0.127. The number of hydroxylamine groups is 2. The molecule has 3 atom stereocenters. The highest BCUT2D eigenvalue weighted by Crippen LogP contribution is 2.35. The van der Waals surface area contributed by atoms with Crippen LogP contribution in [0.5, 0.6) is 0 Å². The Morgan fingerprint density at radius 1 is 1.15 bits per heavy atom. The topological polar surface area (TPSA) is 48.6 Å². The van der Waals surface area contributed by atoms with Crippen molar-refractivity contribution in [3.8, 4) is 0 Å². The van der Waals surface area contributed by atoms with Crippen LogP contribution in [0.4, 0.5) is 0 Å². The molecular weight excluding hydrogens is 362 g/mol. The molecule has 3 unspecified atom stereocenters. The minimum atomic E-state index is -0.214. The van der Waals surface area contributed by atoms with Crippen molar-refractivity contribution in [3.63, 3.8) is 0 Å². The third-order valence-electron chi connectivity index (χ3n) is 5.17. The third kappa shape index (κ3) is 2.94. The zero-order chi connectivity index (χ0) is 18.4. The number of carbonyl (C=O) groups is 1. The van der Waals surface area contributed by atoms with Gasteiger partial charge in [-0.2, -0.15) is 0 Å². The maximum atomic E-state index is 13.0. The number of H-pyrrole nitrogens is 1. The number of amides is 1. The lowest BCUT2D eigenvalue weighted by atomic mass is 9.96. The standard InChI is InChI=1S/C21H18ClN3O2/c22-17-6-3-14(4-7-17)20-19-2-1-11-24(20)13-25(27-19)21(26)16-5-8-18-15(12-16)9-10-23-18/h1-10,12,19-20,23H,11,13H2. The summed E-state index contributed by atoms with van der Waals surface area (Å²) >= 11 is 6.02. The number of aromatic amines is 1. The normalized spacial score (nSPS) is 24.3. The van der Waals surface area contributed by atoms with E-state index in [2.05, 4.69) is 16.0 Å². The van der Waals surface area contributed by atoms with Crippen molar-refractivity contribution in [2.45, 2.75) is 12.1 Å². The van der Waals surface area contributed by atoms with E-state index in [1.165, 1.54) is 5.06 Å². The molecule has 2 aliphatic heterocycles. The fourth-order valence-electron chi connectivity index (χ4n) is 3.84. The molecular formula is C21H18ClN3O2. The summed E-state index contributed by atoms with van der Waals surface area (Å²) in [4.78, 5) is 24.5. The Bertz CT molecular complexity index is 1030. The monoisotopic (exact) mass is 379 g/mol. The molecule has 0 aliphatic carbocycles. The largest absolute Gasteiger partial charge is 0.361 e. The molecule has 0 spiro atoms. The van der Waals surface area contributed by atoms with Gasteiger partial charge in [0.15, 0.2) is 0 Å². The van der Waals surface area contributed by atoms with E-state index in [-0.39, 0.29) is 18.1 Å². The molecule has 6 heteroatoms. The van der Waals surface area contributed by atoms with Gasteiger partial charge in [-0.25, -0.2) is 5.06 Å². The second-order valence-corrected chi connectivity index (χ2v) is 7.31. The molecule has 27 heavy (non-hydrogen) atoms. The van der Waals surface area contributed by atoms with Gasteiger partial charge >= 0.3 is 0 Å². The Kier molecular flexibility index (Phi) is 4.01. The molecule has 1 amide bonds. The van der Waals surface area contributed by atoms with E-state index >= 15 is 0 Å². The molecule has 136 valence electrons. The maximum Gasteiger partial charge on any atom is 0.278 e. The molecule has 1 saturated heterocycles. The van der Waals surface area contributed by atoms with Crippen LogP contribution in [0.1, 0.15) is 22.0 Å².